The van der Waals surface area contributed by atoms with Crippen molar-refractivity contribution in [2.45, 2.75) is 24.7 Å². The lowest BCUT2D eigenvalue weighted by atomic mass is 9.77. The number of rotatable bonds is 3. The third-order valence-corrected chi connectivity index (χ3v) is 3.75. The van der Waals surface area contributed by atoms with Crippen molar-refractivity contribution in [2.75, 3.05) is 0 Å². The number of carboxylic acid groups (broad SMARTS) is 1. The molecule has 1 aromatic heterocycles. The molecule has 0 aliphatic heterocycles. The van der Waals surface area contributed by atoms with Crippen LogP contribution in [-0.2, 0) is 23.1 Å². The predicted molar refractivity (Wildman–Crippen MR) is 64.3 cm³/mol. The molecule has 2 aromatic rings. The summed E-state index contributed by atoms with van der Waals surface area (Å²) in [4.78, 5) is 11.8. The maximum atomic E-state index is 11.8. The molecule has 1 N–H and O–H groups in total. The van der Waals surface area contributed by atoms with Gasteiger partial charge < -0.3 is 9.63 Å². The molecule has 1 atom stereocenters. The maximum Gasteiger partial charge on any atom is 0.314 e. The van der Waals surface area contributed by atoms with Crippen molar-refractivity contribution in [3.63, 3.8) is 0 Å². The number of hydrogen-bond acceptors (Lipinski definition) is 3. The van der Waals surface area contributed by atoms with Gasteiger partial charge in [0.2, 0.25) is 0 Å². The number of aryl methyl sites for hydroxylation is 1. The van der Waals surface area contributed by atoms with Gasteiger partial charge in [-0.3, -0.25) is 4.79 Å². The van der Waals surface area contributed by atoms with E-state index in [-0.39, 0.29) is 0 Å². The highest BCUT2D eigenvalue weighted by Crippen LogP contribution is 2.41. The molecule has 1 heterocycles. The van der Waals surface area contributed by atoms with Gasteiger partial charge in [0, 0.05) is 5.56 Å². The van der Waals surface area contributed by atoms with Crippen LogP contribution in [0.1, 0.15) is 23.1 Å². The predicted octanol–water partition coefficient (Wildman–Crippen LogP) is 2.19. The van der Waals surface area contributed by atoms with Crippen LogP contribution in [0.4, 0.5) is 0 Å². The standard InChI is InChI=1S/C14H13NO3/c16-13(17)14(7-10-8-15-18-9-10)6-5-11-3-1-2-4-12(11)14/h1-4,8-9H,5-7H2,(H,16,17). The van der Waals surface area contributed by atoms with Crippen molar-refractivity contribution in [3.8, 4) is 0 Å². The quantitative estimate of drug-likeness (QED) is 0.897. The summed E-state index contributed by atoms with van der Waals surface area (Å²) in [7, 11) is 0. The lowest BCUT2D eigenvalue weighted by Gasteiger charge is -2.24. The van der Waals surface area contributed by atoms with E-state index in [9.17, 15) is 9.90 Å². The lowest BCUT2D eigenvalue weighted by molar-refractivity contribution is -0.143. The summed E-state index contributed by atoms with van der Waals surface area (Å²) in [6.07, 6.45) is 4.99. The Morgan fingerprint density at radius 1 is 1.44 bits per heavy atom. The molecular formula is C14H13NO3. The van der Waals surface area contributed by atoms with Crippen LogP contribution in [0.2, 0.25) is 0 Å². The molecule has 0 fully saturated rings. The molecule has 0 saturated heterocycles. The fraction of sp³-hybridized carbons (Fsp3) is 0.286. The van der Waals surface area contributed by atoms with Crippen LogP contribution in [0.15, 0.2) is 41.2 Å². The minimum atomic E-state index is -0.831. The van der Waals surface area contributed by atoms with Crippen molar-refractivity contribution in [3.05, 3.63) is 53.4 Å². The first-order chi connectivity index (χ1) is 8.72. The fourth-order valence-corrected chi connectivity index (χ4v) is 2.83. The van der Waals surface area contributed by atoms with Crippen molar-refractivity contribution in [1.82, 2.24) is 5.16 Å². The van der Waals surface area contributed by atoms with Gasteiger partial charge in [0.1, 0.15) is 6.26 Å². The van der Waals surface area contributed by atoms with Gasteiger partial charge in [-0.25, -0.2) is 0 Å². The smallest absolute Gasteiger partial charge is 0.314 e. The normalized spacial score (nSPS) is 21.8. The number of fused-ring (bicyclic) bond motifs is 1. The molecule has 0 amide bonds. The lowest BCUT2D eigenvalue weighted by Crippen LogP contribution is -2.35. The van der Waals surface area contributed by atoms with Crippen LogP contribution in [0.25, 0.3) is 0 Å². The Morgan fingerprint density at radius 2 is 2.28 bits per heavy atom. The summed E-state index contributed by atoms with van der Waals surface area (Å²) in [6, 6.07) is 7.78. The van der Waals surface area contributed by atoms with Gasteiger partial charge in [0.05, 0.1) is 11.6 Å². The van der Waals surface area contributed by atoms with E-state index >= 15 is 0 Å². The zero-order chi connectivity index (χ0) is 12.6. The zero-order valence-corrected chi connectivity index (χ0v) is 9.80. The Morgan fingerprint density at radius 3 is 3.00 bits per heavy atom. The minimum Gasteiger partial charge on any atom is -0.481 e. The first-order valence-corrected chi connectivity index (χ1v) is 5.92. The molecule has 3 rings (SSSR count). The van der Waals surface area contributed by atoms with Gasteiger partial charge in [-0.1, -0.05) is 29.4 Å². The number of hydrogen-bond donors (Lipinski definition) is 1. The van der Waals surface area contributed by atoms with Gasteiger partial charge in [-0.05, 0) is 30.4 Å². The molecular weight excluding hydrogens is 230 g/mol. The van der Waals surface area contributed by atoms with Gasteiger partial charge in [-0.15, -0.1) is 0 Å². The summed E-state index contributed by atoms with van der Waals surface area (Å²) < 4.78 is 4.79. The first-order valence-electron chi connectivity index (χ1n) is 5.92. The zero-order valence-electron chi connectivity index (χ0n) is 9.80. The third-order valence-electron chi connectivity index (χ3n) is 3.75. The van der Waals surface area contributed by atoms with Crippen molar-refractivity contribution in [1.29, 1.82) is 0 Å². The average Bonchev–Trinajstić information content (AvgIpc) is 2.99. The number of aliphatic carboxylic acids is 1. The summed E-state index contributed by atoms with van der Waals surface area (Å²) >= 11 is 0. The van der Waals surface area contributed by atoms with Gasteiger partial charge in [0.25, 0.3) is 0 Å². The van der Waals surface area contributed by atoms with Crippen LogP contribution >= 0.6 is 0 Å². The van der Waals surface area contributed by atoms with Crippen LogP contribution in [0, 0.1) is 0 Å². The third kappa shape index (κ3) is 1.53. The second kappa shape index (κ2) is 3.98. The van der Waals surface area contributed by atoms with Crippen molar-refractivity contribution in [2.24, 2.45) is 0 Å². The molecule has 4 nitrogen and oxygen atoms in total. The molecule has 0 spiro atoms. The summed E-state index contributed by atoms with van der Waals surface area (Å²) in [5.74, 6) is -0.770. The van der Waals surface area contributed by atoms with Crippen LogP contribution < -0.4 is 0 Å². The SMILES string of the molecule is O=C(O)C1(Cc2cnoc2)CCc2ccccc21. The monoisotopic (exact) mass is 243 g/mol. The molecule has 0 bridgehead atoms. The molecule has 0 saturated carbocycles. The van der Waals surface area contributed by atoms with E-state index in [1.807, 2.05) is 24.3 Å². The van der Waals surface area contributed by atoms with Crippen LogP contribution in [-0.4, -0.2) is 16.2 Å². The molecule has 1 aliphatic carbocycles. The second-order valence-electron chi connectivity index (χ2n) is 4.75. The Hall–Kier alpha value is -2.10. The van der Waals surface area contributed by atoms with Crippen molar-refractivity contribution >= 4 is 5.97 Å². The molecule has 1 unspecified atom stereocenters. The van der Waals surface area contributed by atoms with E-state index in [4.69, 9.17) is 4.52 Å². The summed E-state index contributed by atoms with van der Waals surface area (Å²) in [5.41, 5.74) is 2.06. The van der Waals surface area contributed by atoms with E-state index in [0.29, 0.717) is 12.8 Å². The number of aromatic nitrogens is 1. The van der Waals surface area contributed by atoms with E-state index in [1.54, 1.807) is 6.20 Å². The largest absolute Gasteiger partial charge is 0.481 e. The number of benzene rings is 1. The van der Waals surface area contributed by atoms with Crippen molar-refractivity contribution < 1.29 is 14.4 Å². The van der Waals surface area contributed by atoms with E-state index < -0.39 is 11.4 Å². The minimum absolute atomic E-state index is 0.433. The molecule has 1 aromatic carbocycles. The highest BCUT2D eigenvalue weighted by atomic mass is 16.5. The Bertz CT molecular complexity index is 576. The van der Waals surface area contributed by atoms with E-state index in [0.717, 1.165) is 23.1 Å². The molecule has 0 radical (unpaired) electrons. The number of carbonyl (C=O) groups is 1. The first kappa shape index (κ1) is 11.0. The molecule has 18 heavy (non-hydrogen) atoms. The Balaban J connectivity index is 2.07. The average molecular weight is 243 g/mol. The van der Waals surface area contributed by atoms with Gasteiger partial charge >= 0.3 is 5.97 Å². The topological polar surface area (TPSA) is 63.3 Å². The molecule has 92 valence electrons. The summed E-state index contributed by atoms with van der Waals surface area (Å²) in [6.45, 7) is 0. The molecule has 1 aliphatic rings. The number of carboxylic acids is 1. The van der Waals surface area contributed by atoms with Gasteiger partial charge in [0.15, 0.2) is 0 Å². The highest BCUT2D eigenvalue weighted by molar-refractivity contribution is 5.83. The fourth-order valence-electron chi connectivity index (χ4n) is 2.83. The van der Waals surface area contributed by atoms with E-state index in [1.165, 1.54) is 6.26 Å². The highest BCUT2D eigenvalue weighted by Gasteiger charge is 2.45. The van der Waals surface area contributed by atoms with Crippen LogP contribution in [0.5, 0.6) is 0 Å². The Labute approximate surface area is 104 Å². The van der Waals surface area contributed by atoms with E-state index in [2.05, 4.69) is 5.16 Å². The maximum absolute atomic E-state index is 11.8. The van der Waals surface area contributed by atoms with Crippen LogP contribution in [0.3, 0.4) is 0 Å². The molecule has 4 heteroatoms. The summed E-state index contributed by atoms with van der Waals surface area (Å²) in [5, 5.41) is 13.3. The van der Waals surface area contributed by atoms with Gasteiger partial charge in [-0.2, -0.15) is 0 Å². The number of nitrogens with zero attached hydrogens (tertiary/aromatic N) is 1. The second-order valence-corrected chi connectivity index (χ2v) is 4.75. The Kier molecular flexibility index (Phi) is 2.44.